The van der Waals surface area contributed by atoms with Crippen molar-refractivity contribution in [1.82, 2.24) is 9.97 Å². The first-order valence-electron chi connectivity index (χ1n) is 5.16. The summed E-state index contributed by atoms with van der Waals surface area (Å²) in [5.74, 6) is 1.58. The summed E-state index contributed by atoms with van der Waals surface area (Å²) in [5.41, 5.74) is -0.0771. The summed E-state index contributed by atoms with van der Waals surface area (Å²) in [4.78, 5) is 18.0. The zero-order valence-electron chi connectivity index (χ0n) is 8.59. The molecule has 4 nitrogen and oxygen atoms in total. The van der Waals surface area contributed by atoms with Crippen molar-refractivity contribution in [3.8, 4) is 0 Å². The molecule has 1 fully saturated rings. The maximum absolute atomic E-state index is 11.3. The Morgan fingerprint density at radius 1 is 1.73 bits per heavy atom. The van der Waals surface area contributed by atoms with Gasteiger partial charge in [0.05, 0.1) is 6.33 Å². The van der Waals surface area contributed by atoms with Gasteiger partial charge < -0.3 is 10.3 Å². The van der Waals surface area contributed by atoms with Crippen molar-refractivity contribution in [2.75, 3.05) is 5.32 Å². The number of aromatic amines is 1. The molecule has 1 atom stereocenters. The van der Waals surface area contributed by atoms with Gasteiger partial charge in [-0.05, 0) is 41.9 Å². The van der Waals surface area contributed by atoms with Crippen LogP contribution in [0.5, 0.6) is 0 Å². The van der Waals surface area contributed by atoms with Crippen molar-refractivity contribution in [1.29, 1.82) is 0 Å². The van der Waals surface area contributed by atoms with E-state index in [9.17, 15) is 4.79 Å². The highest BCUT2D eigenvalue weighted by atomic mass is 127. The molecular formula is C10H14IN3O. The summed E-state index contributed by atoms with van der Waals surface area (Å²) < 4.78 is 0.637. The average Bonchev–Trinajstić information content (AvgIpc) is 2.97. The lowest BCUT2D eigenvalue weighted by atomic mass is 10.1. The first-order chi connectivity index (χ1) is 7.16. The van der Waals surface area contributed by atoms with E-state index in [2.05, 4.69) is 22.2 Å². The Labute approximate surface area is 102 Å². The number of hydrogen-bond acceptors (Lipinski definition) is 3. The number of H-pyrrole nitrogens is 1. The summed E-state index contributed by atoms with van der Waals surface area (Å²) in [6.45, 7) is 2.14. The molecule has 15 heavy (non-hydrogen) atoms. The summed E-state index contributed by atoms with van der Waals surface area (Å²) in [5, 5.41) is 3.28. The fourth-order valence-electron chi connectivity index (χ4n) is 1.63. The number of hydrogen-bond donors (Lipinski definition) is 2. The third-order valence-electron chi connectivity index (χ3n) is 2.56. The van der Waals surface area contributed by atoms with Crippen LogP contribution in [0.2, 0.25) is 0 Å². The van der Waals surface area contributed by atoms with E-state index in [0.29, 0.717) is 15.4 Å². The predicted octanol–water partition coefficient (Wildman–Crippen LogP) is 1.97. The SMILES string of the molecule is CC(CC1CC1)Nc1nc[nH]c(=O)c1I. The Balaban J connectivity index is 2.02. The van der Waals surface area contributed by atoms with Gasteiger partial charge >= 0.3 is 0 Å². The molecule has 1 heterocycles. The van der Waals surface area contributed by atoms with Crippen molar-refractivity contribution in [2.45, 2.75) is 32.2 Å². The summed E-state index contributed by atoms with van der Waals surface area (Å²) in [6, 6.07) is 0.389. The molecule has 82 valence electrons. The van der Waals surface area contributed by atoms with Gasteiger partial charge in [0.15, 0.2) is 0 Å². The van der Waals surface area contributed by atoms with Crippen LogP contribution in [0.4, 0.5) is 5.82 Å². The molecule has 0 spiro atoms. The van der Waals surface area contributed by atoms with Crippen molar-refractivity contribution in [3.05, 3.63) is 20.3 Å². The second-order valence-corrected chi connectivity index (χ2v) is 5.20. The van der Waals surface area contributed by atoms with Gasteiger partial charge in [0, 0.05) is 6.04 Å². The zero-order chi connectivity index (χ0) is 10.8. The molecule has 0 radical (unpaired) electrons. The number of halogens is 1. The summed E-state index contributed by atoms with van der Waals surface area (Å²) >= 11 is 2.02. The van der Waals surface area contributed by atoms with Crippen molar-refractivity contribution >= 4 is 28.4 Å². The number of anilines is 1. The van der Waals surface area contributed by atoms with Gasteiger partial charge in [0.2, 0.25) is 0 Å². The molecule has 0 saturated heterocycles. The van der Waals surface area contributed by atoms with Crippen molar-refractivity contribution < 1.29 is 0 Å². The van der Waals surface area contributed by atoms with Crippen LogP contribution >= 0.6 is 22.6 Å². The number of nitrogens with one attached hydrogen (secondary N) is 2. The quantitative estimate of drug-likeness (QED) is 0.835. The molecule has 1 saturated carbocycles. The maximum atomic E-state index is 11.3. The lowest BCUT2D eigenvalue weighted by Crippen LogP contribution is -2.21. The molecular weight excluding hydrogens is 305 g/mol. The Morgan fingerprint density at radius 2 is 2.47 bits per heavy atom. The third kappa shape index (κ3) is 2.93. The van der Waals surface area contributed by atoms with Gasteiger partial charge in [-0.25, -0.2) is 4.98 Å². The molecule has 0 aromatic carbocycles. The maximum Gasteiger partial charge on any atom is 0.266 e. The van der Waals surface area contributed by atoms with Crippen LogP contribution in [0.15, 0.2) is 11.1 Å². The Kier molecular flexibility index (Phi) is 3.28. The first kappa shape index (κ1) is 10.9. The van der Waals surface area contributed by atoms with Crippen LogP contribution in [0.1, 0.15) is 26.2 Å². The molecule has 1 unspecified atom stereocenters. The highest BCUT2D eigenvalue weighted by Gasteiger charge is 2.23. The molecule has 1 aliphatic rings. The third-order valence-corrected chi connectivity index (χ3v) is 3.56. The lowest BCUT2D eigenvalue weighted by Gasteiger charge is -2.14. The molecule has 0 bridgehead atoms. The highest BCUT2D eigenvalue weighted by Crippen LogP contribution is 2.34. The number of aromatic nitrogens is 2. The van der Waals surface area contributed by atoms with E-state index in [0.717, 1.165) is 5.92 Å². The topological polar surface area (TPSA) is 57.8 Å². The zero-order valence-corrected chi connectivity index (χ0v) is 10.7. The summed E-state index contributed by atoms with van der Waals surface area (Å²) in [6.07, 6.45) is 5.32. The highest BCUT2D eigenvalue weighted by molar-refractivity contribution is 14.1. The van der Waals surface area contributed by atoms with Crippen LogP contribution in [0.25, 0.3) is 0 Å². The molecule has 1 aromatic heterocycles. The number of rotatable bonds is 4. The predicted molar refractivity (Wildman–Crippen MR) is 68.0 cm³/mol. The van der Waals surface area contributed by atoms with Gasteiger partial charge in [-0.2, -0.15) is 0 Å². The molecule has 1 aliphatic carbocycles. The Hall–Kier alpha value is -0.590. The molecule has 5 heteroatoms. The molecule has 2 rings (SSSR count). The van der Waals surface area contributed by atoms with Crippen LogP contribution < -0.4 is 10.9 Å². The largest absolute Gasteiger partial charge is 0.367 e. The van der Waals surface area contributed by atoms with E-state index in [4.69, 9.17) is 0 Å². The van der Waals surface area contributed by atoms with E-state index in [-0.39, 0.29) is 5.56 Å². The van der Waals surface area contributed by atoms with Crippen LogP contribution in [0, 0.1) is 9.49 Å². The van der Waals surface area contributed by atoms with E-state index < -0.39 is 0 Å². The van der Waals surface area contributed by atoms with Crippen LogP contribution in [0.3, 0.4) is 0 Å². The fraction of sp³-hybridized carbons (Fsp3) is 0.600. The molecule has 2 N–H and O–H groups in total. The van der Waals surface area contributed by atoms with Crippen LogP contribution in [-0.4, -0.2) is 16.0 Å². The van der Waals surface area contributed by atoms with E-state index in [1.165, 1.54) is 25.6 Å². The molecule has 0 aliphatic heterocycles. The van der Waals surface area contributed by atoms with Gasteiger partial charge in [0.1, 0.15) is 9.39 Å². The van der Waals surface area contributed by atoms with Crippen molar-refractivity contribution in [2.24, 2.45) is 5.92 Å². The van der Waals surface area contributed by atoms with Crippen LogP contribution in [-0.2, 0) is 0 Å². The van der Waals surface area contributed by atoms with E-state index in [1.54, 1.807) is 0 Å². The number of nitrogens with zero attached hydrogens (tertiary/aromatic N) is 1. The van der Waals surface area contributed by atoms with Crippen molar-refractivity contribution in [3.63, 3.8) is 0 Å². The minimum absolute atomic E-state index is 0.0771. The molecule has 0 amide bonds. The second kappa shape index (κ2) is 4.51. The normalized spacial score (nSPS) is 17.5. The fourth-order valence-corrected chi connectivity index (χ4v) is 2.08. The first-order valence-corrected chi connectivity index (χ1v) is 6.24. The Bertz CT molecular complexity index is 400. The smallest absolute Gasteiger partial charge is 0.266 e. The standard InChI is InChI=1S/C10H14IN3O/c1-6(4-7-2-3-7)14-9-8(11)10(15)13-5-12-9/h5-7H,2-4H2,1H3,(H2,12,13,14,15). The Morgan fingerprint density at radius 3 is 3.13 bits per heavy atom. The average molecular weight is 319 g/mol. The van der Waals surface area contributed by atoms with E-state index in [1.807, 2.05) is 22.6 Å². The van der Waals surface area contributed by atoms with E-state index >= 15 is 0 Å². The lowest BCUT2D eigenvalue weighted by molar-refractivity contribution is 0.639. The van der Waals surface area contributed by atoms with Gasteiger partial charge in [0.25, 0.3) is 5.56 Å². The monoisotopic (exact) mass is 319 g/mol. The van der Waals surface area contributed by atoms with Gasteiger partial charge in [-0.3, -0.25) is 4.79 Å². The second-order valence-electron chi connectivity index (χ2n) is 4.12. The van der Waals surface area contributed by atoms with Gasteiger partial charge in [-0.15, -0.1) is 0 Å². The minimum atomic E-state index is -0.0771. The minimum Gasteiger partial charge on any atom is -0.367 e. The summed E-state index contributed by atoms with van der Waals surface area (Å²) in [7, 11) is 0. The molecule has 1 aromatic rings. The van der Waals surface area contributed by atoms with Gasteiger partial charge in [-0.1, -0.05) is 12.8 Å².